The summed E-state index contributed by atoms with van der Waals surface area (Å²) in [6.07, 6.45) is 4.66. The third-order valence-electron chi connectivity index (χ3n) is 2.23. The molecule has 0 amide bonds. The van der Waals surface area contributed by atoms with Crippen LogP contribution < -0.4 is 5.73 Å². The molecule has 2 N–H and O–H groups in total. The lowest BCUT2D eigenvalue weighted by Crippen LogP contribution is -2.08. The first-order chi connectivity index (χ1) is 6.90. The summed E-state index contributed by atoms with van der Waals surface area (Å²) < 4.78 is 7.45. The Morgan fingerprint density at radius 1 is 1.29 bits per heavy atom. The molecule has 2 rings (SSSR count). The molecule has 3 heteroatoms. The molecule has 0 aliphatic heterocycles. The summed E-state index contributed by atoms with van der Waals surface area (Å²) in [7, 11) is 0. The molecule has 2 aromatic heterocycles. The Bertz CT molecular complexity index is 376. The van der Waals surface area contributed by atoms with Gasteiger partial charge in [-0.15, -0.1) is 0 Å². The van der Waals surface area contributed by atoms with Gasteiger partial charge in [0.2, 0.25) is 0 Å². The fourth-order valence-electron chi connectivity index (χ4n) is 1.55. The van der Waals surface area contributed by atoms with Crippen LogP contribution in [-0.2, 0) is 13.0 Å². The van der Waals surface area contributed by atoms with Gasteiger partial charge < -0.3 is 14.7 Å². The van der Waals surface area contributed by atoms with Crippen molar-refractivity contribution in [1.29, 1.82) is 0 Å². The van der Waals surface area contributed by atoms with Gasteiger partial charge in [0.25, 0.3) is 0 Å². The van der Waals surface area contributed by atoms with E-state index in [2.05, 4.69) is 10.6 Å². The van der Waals surface area contributed by atoms with Gasteiger partial charge in [0.05, 0.1) is 12.8 Å². The maximum absolute atomic E-state index is 5.53. The normalized spacial score (nSPS) is 10.6. The minimum atomic E-state index is 0.683. The second kappa shape index (κ2) is 4.15. The van der Waals surface area contributed by atoms with Crippen LogP contribution in [0.4, 0.5) is 0 Å². The molecule has 0 bridgehead atoms. The Kier molecular flexibility index (Phi) is 2.70. The standard InChI is InChI=1S/C11H14N2O/c12-6-5-10-3-1-7-13(10)9-11-4-2-8-14-11/h1-4,7-8H,5-6,9,12H2. The fraction of sp³-hybridized carbons (Fsp3) is 0.273. The molecule has 0 radical (unpaired) electrons. The van der Waals surface area contributed by atoms with Crippen LogP contribution in [0.5, 0.6) is 0 Å². The van der Waals surface area contributed by atoms with Gasteiger partial charge in [-0.05, 0) is 37.2 Å². The molecule has 0 unspecified atom stereocenters. The third kappa shape index (κ3) is 1.88. The van der Waals surface area contributed by atoms with Gasteiger partial charge >= 0.3 is 0 Å². The molecule has 0 saturated carbocycles. The predicted octanol–water partition coefficient (Wildman–Crippen LogP) is 1.63. The second-order valence-corrected chi connectivity index (χ2v) is 3.25. The number of nitrogens with two attached hydrogens (primary N) is 1. The van der Waals surface area contributed by atoms with Crippen LogP contribution in [0.15, 0.2) is 41.1 Å². The van der Waals surface area contributed by atoms with E-state index in [0.717, 1.165) is 18.7 Å². The molecule has 2 aromatic rings. The van der Waals surface area contributed by atoms with Gasteiger partial charge in [-0.2, -0.15) is 0 Å². The van der Waals surface area contributed by atoms with Crippen LogP contribution in [0.3, 0.4) is 0 Å². The van der Waals surface area contributed by atoms with Crippen molar-refractivity contribution >= 4 is 0 Å². The van der Waals surface area contributed by atoms with E-state index < -0.39 is 0 Å². The van der Waals surface area contributed by atoms with Crippen LogP contribution >= 0.6 is 0 Å². The Balaban J connectivity index is 2.12. The lowest BCUT2D eigenvalue weighted by Gasteiger charge is -2.05. The summed E-state index contributed by atoms with van der Waals surface area (Å²) in [6, 6.07) is 8.01. The van der Waals surface area contributed by atoms with E-state index in [1.165, 1.54) is 5.69 Å². The molecule has 3 nitrogen and oxygen atoms in total. The van der Waals surface area contributed by atoms with Crippen molar-refractivity contribution in [2.24, 2.45) is 5.73 Å². The van der Waals surface area contributed by atoms with Crippen LogP contribution in [0, 0.1) is 0 Å². The number of aromatic nitrogens is 1. The zero-order chi connectivity index (χ0) is 9.80. The van der Waals surface area contributed by atoms with Crippen molar-refractivity contribution in [2.75, 3.05) is 6.54 Å². The maximum atomic E-state index is 5.53. The third-order valence-corrected chi connectivity index (χ3v) is 2.23. The van der Waals surface area contributed by atoms with Crippen LogP contribution in [0.25, 0.3) is 0 Å². The number of rotatable bonds is 4. The quantitative estimate of drug-likeness (QED) is 0.796. The highest BCUT2D eigenvalue weighted by molar-refractivity contribution is 5.10. The van der Waals surface area contributed by atoms with E-state index in [9.17, 15) is 0 Å². The molecule has 14 heavy (non-hydrogen) atoms. The van der Waals surface area contributed by atoms with E-state index in [1.807, 2.05) is 24.4 Å². The summed E-state index contributed by atoms with van der Waals surface area (Å²) in [5.74, 6) is 0.972. The lowest BCUT2D eigenvalue weighted by atomic mass is 10.3. The number of hydrogen-bond acceptors (Lipinski definition) is 2. The van der Waals surface area contributed by atoms with Gasteiger partial charge in [-0.3, -0.25) is 0 Å². The van der Waals surface area contributed by atoms with Crippen LogP contribution in [0.2, 0.25) is 0 Å². The van der Waals surface area contributed by atoms with E-state index >= 15 is 0 Å². The molecule has 0 fully saturated rings. The summed E-state index contributed by atoms with van der Waals surface area (Å²) in [4.78, 5) is 0. The molecule has 0 saturated heterocycles. The van der Waals surface area contributed by atoms with E-state index in [4.69, 9.17) is 10.2 Å². The first-order valence-electron chi connectivity index (χ1n) is 4.76. The van der Waals surface area contributed by atoms with E-state index in [0.29, 0.717) is 6.54 Å². The second-order valence-electron chi connectivity index (χ2n) is 3.25. The van der Waals surface area contributed by atoms with Gasteiger partial charge in [0.15, 0.2) is 0 Å². The Labute approximate surface area is 83.1 Å². The predicted molar refractivity (Wildman–Crippen MR) is 55.0 cm³/mol. The number of nitrogens with zero attached hydrogens (tertiary/aromatic N) is 1. The van der Waals surface area contributed by atoms with Gasteiger partial charge in [-0.25, -0.2) is 0 Å². The molecule has 0 aliphatic rings. The fourth-order valence-corrected chi connectivity index (χ4v) is 1.55. The Morgan fingerprint density at radius 2 is 2.21 bits per heavy atom. The average Bonchev–Trinajstić information content (AvgIpc) is 2.80. The van der Waals surface area contributed by atoms with Crippen LogP contribution in [0.1, 0.15) is 11.5 Å². The molecule has 2 heterocycles. The molecule has 0 spiro atoms. The minimum absolute atomic E-state index is 0.683. The molecular formula is C11H14N2O. The number of hydrogen-bond donors (Lipinski definition) is 1. The minimum Gasteiger partial charge on any atom is -0.467 e. The van der Waals surface area contributed by atoms with Crippen molar-refractivity contribution in [3.8, 4) is 0 Å². The van der Waals surface area contributed by atoms with Crippen molar-refractivity contribution in [3.05, 3.63) is 48.2 Å². The molecule has 74 valence electrons. The molecule has 0 aromatic carbocycles. The summed E-state index contributed by atoms with van der Waals surface area (Å²) in [6.45, 7) is 1.47. The van der Waals surface area contributed by atoms with Crippen molar-refractivity contribution in [3.63, 3.8) is 0 Å². The first-order valence-corrected chi connectivity index (χ1v) is 4.76. The van der Waals surface area contributed by atoms with E-state index in [1.54, 1.807) is 6.26 Å². The molecule has 0 aliphatic carbocycles. The largest absolute Gasteiger partial charge is 0.467 e. The van der Waals surface area contributed by atoms with Crippen molar-refractivity contribution in [2.45, 2.75) is 13.0 Å². The van der Waals surface area contributed by atoms with Crippen LogP contribution in [-0.4, -0.2) is 11.1 Å². The average molecular weight is 190 g/mol. The summed E-state index contributed by atoms with van der Waals surface area (Å²) in [5, 5.41) is 0. The smallest absolute Gasteiger partial charge is 0.123 e. The highest BCUT2D eigenvalue weighted by atomic mass is 16.3. The Hall–Kier alpha value is -1.48. The zero-order valence-electron chi connectivity index (χ0n) is 8.02. The first kappa shape index (κ1) is 9.09. The highest BCUT2D eigenvalue weighted by Gasteiger charge is 2.01. The van der Waals surface area contributed by atoms with Crippen molar-refractivity contribution in [1.82, 2.24) is 4.57 Å². The van der Waals surface area contributed by atoms with Gasteiger partial charge in [0.1, 0.15) is 5.76 Å². The lowest BCUT2D eigenvalue weighted by molar-refractivity contribution is 0.490. The van der Waals surface area contributed by atoms with Gasteiger partial charge in [-0.1, -0.05) is 0 Å². The zero-order valence-corrected chi connectivity index (χ0v) is 8.02. The molecule has 0 atom stereocenters. The molecular weight excluding hydrogens is 176 g/mol. The van der Waals surface area contributed by atoms with Gasteiger partial charge in [0, 0.05) is 11.9 Å². The Morgan fingerprint density at radius 3 is 2.93 bits per heavy atom. The van der Waals surface area contributed by atoms with E-state index in [-0.39, 0.29) is 0 Å². The SMILES string of the molecule is NCCc1cccn1Cc1ccco1. The maximum Gasteiger partial charge on any atom is 0.123 e. The topological polar surface area (TPSA) is 44.1 Å². The number of furan rings is 1. The highest BCUT2D eigenvalue weighted by Crippen LogP contribution is 2.08. The summed E-state index contributed by atoms with van der Waals surface area (Å²) in [5.41, 5.74) is 6.78. The monoisotopic (exact) mass is 190 g/mol. The van der Waals surface area contributed by atoms with Crippen molar-refractivity contribution < 1.29 is 4.42 Å². The summed E-state index contributed by atoms with van der Waals surface area (Å²) >= 11 is 0.